The van der Waals surface area contributed by atoms with Crippen LogP contribution >= 0.6 is 35.4 Å². The number of hydrogen-bond acceptors (Lipinski definition) is 3. The SMILES string of the molecule is C[C@@H](NC(=S)Nc1cc([N+](=O)[O-])ccc1Cl)c1cccc(Cl)c1. The van der Waals surface area contributed by atoms with Crippen LogP contribution in [0.1, 0.15) is 18.5 Å². The normalized spacial score (nSPS) is 11.6. The predicted molar refractivity (Wildman–Crippen MR) is 97.3 cm³/mol. The molecule has 23 heavy (non-hydrogen) atoms. The van der Waals surface area contributed by atoms with Gasteiger partial charge in [-0.25, -0.2) is 0 Å². The van der Waals surface area contributed by atoms with Crippen molar-refractivity contribution < 1.29 is 4.92 Å². The van der Waals surface area contributed by atoms with Gasteiger partial charge in [-0.2, -0.15) is 0 Å². The van der Waals surface area contributed by atoms with Crippen molar-refractivity contribution >= 4 is 51.9 Å². The molecule has 120 valence electrons. The van der Waals surface area contributed by atoms with Crippen LogP contribution < -0.4 is 10.6 Å². The summed E-state index contributed by atoms with van der Waals surface area (Å²) in [5.41, 5.74) is 1.27. The number of non-ortho nitro benzene ring substituents is 1. The van der Waals surface area contributed by atoms with Crippen LogP contribution in [0.4, 0.5) is 11.4 Å². The molecule has 0 aliphatic rings. The lowest BCUT2D eigenvalue weighted by molar-refractivity contribution is -0.384. The van der Waals surface area contributed by atoms with Crippen LogP contribution in [0.25, 0.3) is 0 Å². The second-order valence-corrected chi connectivity index (χ2v) is 6.05. The van der Waals surface area contributed by atoms with E-state index in [1.54, 1.807) is 6.07 Å². The summed E-state index contributed by atoms with van der Waals surface area (Å²) in [4.78, 5) is 10.3. The lowest BCUT2D eigenvalue weighted by atomic mass is 10.1. The number of nitro benzene ring substituents is 1. The molecule has 8 heteroatoms. The van der Waals surface area contributed by atoms with Gasteiger partial charge in [0.2, 0.25) is 0 Å². The van der Waals surface area contributed by atoms with E-state index in [0.29, 0.717) is 20.8 Å². The van der Waals surface area contributed by atoms with Gasteiger partial charge in [0.25, 0.3) is 5.69 Å². The van der Waals surface area contributed by atoms with Gasteiger partial charge in [0.1, 0.15) is 0 Å². The van der Waals surface area contributed by atoms with E-state index in [1.807, 2.05) is 25.1 Å². The lowest BCUT2D eigenvalue weighted by Gasteiger charge is -2.18. The summed E-state index contributed by atoms with van der Waals surface area (Å²) in [6.45, 7) is 1.93. The van der Waals surface area contributed by atoms with Crippen LogP contribution in [0.3, 0.4) is 0 Å². The number of hydrogen-bond donors (Lipinski definition) is 2. The molecule has 2 aromatic carbocycles. The predicted octanol–water partition coefficient (Wildman–Crippen LogP) is 4.95. The van der Waals surface area contributed by atoms with E-state index in [1.165, 1.54) is 18.2 Å². The Morgan fingerprint density at radius 1 is 1.26 bits per heavy atom. The molecular formula is C15H13Cl2N3O2S. The van der Waals surface area contributed by atoms with Crippen molar-refractivity contribution in [3.05, 3.63) is 68.2 Å². The third-order valence-corrected chi connectivity index (χ3v) is 3.89. The molecule has 2 aromatic rings. The van der Waals surface area contributed by atoms with E-state index < -0.39 is 4.92 Å². The average molecular weight is 370 g/mol. The van der Waals surface area contributed by atoms with Crippen molar-refractivity contribution in [1.29, 1.82) is 0 Å². The van der Waals surface area contributed by atoms with Crippen molar-refractivity contribution in [2.45, 2.75) is 13.0 Å². The number of nitrogens with zero attached hydrogens (tertiary/aromatic N) is 1. The minimum absolute atomic E-state index is 0.0670. The topological polar surface area (TPSA) is 67.2 Å². The van der Waals surface area contributed by atoms with E-state index in [0.717, 1.165) is 5.56 Å². The first-order valence-electron chi connectivity index (χ1n) is 6.63. The average Bonchev–Trinajstić information content (AvgIpc) is 2.49. The zero-order valence-corrected chi connectivity index (χ0v) is 14.4. The molecule has 0 radical (unpaired) electrons. The van der Waals surface area contributed by atoms with E-state index in [4.69, 9.17) is 35.4 Å². The molecule has 0 aliphatic carbocycles. The fraction of sp³-hybridized carbons (Fsp3) is 0.133. The summed E-state index contributed by atoms with van der Waals surface area (Å²) in [6, 6.07) is 11.4. The monoisotopic (exact) mass is 369 g/mol. The van der Waals surface area contributed by atoms with Crippen LogP contribution in [0.5, 0.6) is 0 Å². The van der Waals surface area contributed by atoms with Crippen LogP contribution in [0.2, 0.25) is 10.0 Å². The molecule has 0 saturated heterocycles. The molecule has 2 N–H and O–H groups in total. The van der Waals surface area contributed by atoms with Crippen LogP contribution in [-0.4, -0.2) is 10.0 Å². The maximum Gasteiger partial charge on any atom is 0.271 e. The number of thiocarbonyl (C=S) groups is 1. The van der Waals surface area contributed by atoms with Crippen molar-refractivity contribution in [2.24, 2.45) is 0 Å². The Kier molecular flexibility index (Phi) is 5.76. The second kappa shape index (κ2) is 7.59. The maximum absolute atomic E-state index is 10.8. The first-order chi connectivity index (χ1) is 10.9. The van der Waals surface area contributed by atoms with Crippen molar-refractivity contribution in [3.8, 4) is 0 Å². The standard InChI is InChI=1S/C15H13Cl2N3O2S/c1-9(10-3-2-4-11(16)7-10)18-15(23)19-14-8-12(20(21)22)5-6-13(14)17/h2-9H,1H3,(H2,18,19,23)/t9-/m1/s1. The van der Waals surface area contributed by atoms with Crippen molar-refractivity contribution in [3.63, 3.8) is 0 Å². The Morgan fingerprint density at radius 2 is 2.00 bits per heavy atom. The largest absolute Gasteiger partial charge is 0.356 e. The highest BCUT2D eigenvalue weighted by Crippen LogP contribution is 2.27. The first kappa shape index (κ1) is 17.5. The van der Waals surface area contributed by atoms with Gasteiger partial charge in [0.05, 0.1) is 21.7 Å². The lowest BCUT2D eigenvalue weighted by Crippen LogP contribution is -2.31. The summed E-state index contributed by atoms with van der Waals surface area (Å²) in [7, 11) is 0. The van der Waals surface area contributed by atoms with Gasteiger partial charge in [0, 0.05) is 17.2 Å². The number of halogens is 2. The van der Waals surface area contributed by atoms with Gasteiger partial charge < -0.3 is 10.6 Å². The molecule has 2 rings (SSSR count). The van der Waals surface area contributed by atoms with E-state index in [-0.39, 0.29) is 11.7 Å². The van der Waals surface area contributed by atoms with Crippen LogP contribution in [-0.2, 0) is 0 Å². The Labute approximate surface area is 148 Å². The van der Waals surface area contributed by atoms with Gasteiger partial charge in [-0.1, -0.05) is 35.3 Å². The Balaban J connectivity index is 2.07. The maximum atomic E-state index is 10.8. The molecule has 0 spiro atoms. The molecule has 0 unspecified atom stereocenters. The van der Waals surface area contributed by atoms with E-state index in [2.05, 4.69) is 10.6 Å². The Bertz CT molecular complexity index is 755. The highest BCUT2D eigenvalue weighted by atomic mass is 35.5. The fourth-order valence-electron chi connectivity index (χ4n) is 1.94. The highest BCUT2D eigenvalue weighted by Gasteiger charge is 2.12. The number of nitro groups is 1. The Morgan fingerprint density at radius 3 is 2.65 bits per heavy atom. The van der Waals surface area contributed by atoms with Gasteiger partial charge >= 0.3 is 0 Å². The Hall–Kier alpha value is -1.89. The summed E-state index contributed by atoms with van der Waals surface area (Å²) in [6.07, 6.45) is 0. The summed E-state index contributed by atoms with van der Waals surface area (Å²) >= 11 is 17.2. The smallest absolute Gasteiger partial charge is 0.271 e. The van der Waals surface area contributed by atoms with Gasteiger partial charge in [-0.05, 0) is 42.9 Å². The third-order valence-electron chi connectivity index (χ3n) is 3.11. The van der Waals surface area contributed by atoms with E-state index >= 15 is 0 Å². The number of nitrogens with one attached hydrogen (secondary N) is 2. The molecule has 0 fully saturated rings. The molecule has 5 nitrogen and oxygen atoms in total. The fourth-order valence-corrected chi connectivity index (χ4v) is 2.59. The highest BCUT2D eigenvalue weighted by molar-refractivity contribution is 7.80. The molecule has 0 aliphatic heterocycles. The quantitative estimate of drug-likeness (QED) is 0.453. The second-order valence-electron chi connectivity index (χ2n) is 4.80. The summed E-state index contributed by atoms with van der Waals surface area (Å²) in [5, 5.41) is 18.1. The molecule has 0 heterocycles. The van der Waals surface area contributed by atoms with Crippen LogP contribution in [0.15, 0.2) is 42.5 Å². The first-order valence-corrected chi connectivity index (χ1v) is 7.80. The molecule has 0 aromatic heterocycles. The van der Waals surface area contributed by atoms with Crippen molar-refractivity contribution in [1.82, 2.24) is 5.32 Å². The van der Waals surface area contributed by atoms with Gasteiger partial charge in [0.15, 0.2) is 5.11 Å². The number of benzene rings is 2. The van der Waals surface area contributed by atoms with Crippen LogP contribution in [0, 0.1) is 10.1 Å². The zero-order chi connectivity index (χ0) is 17.0. The third kappa shape index (κ3) is 4.79. The number of rotatable bonds is 4. The number of anilines is 1. The summed E-state index contributed by atoms with van der Waals surface area (Å²) < 4.78 is 0. The molecule has 1 atom stereocenters. The molecule has 0 saturated carbocycles. The van der Waals surface area contributed by atoms with Crippen molar-refractivity contribution in [2.75, 3.05) is 5.32 Å². The molecular weight excluding hydrogens is 357 g/mol. The zero-order valence-electron chi connectivity index (χ0n) is 12.0. The van der Waals surface area contributed by atoms with E-state index in [9.17, 15) is 10.1 Å². The van der Waals surface area contributed by atoms with Gasteiger partial charge in [-0.15, -0.1) is 0 Å². The minimum atomic E-state index is -0.493. The molecule has 0 amide bonds. The minimum Gasteiger partial charge on any atom is -0.356 e. The van der Waals surface area contributed by atoms with Gasteiger partial charge in [-0.3, -0.25) is 10.1 Å². The summed E-state index contributed by atoms with van der Waals surface area (Å²) in [5.74, 6) is 0. The molecule has 0 bridgehead atoms.